The van der Waals surface area contributed by atoms with E-state index in [1.165, 1.54) is 17.3 Å². The first-order chi connectivity index (χ1) is 18.2. The Labute approximate surface area is 236 Å². The fourth-order valence-corrected chi connectivity index (χ4v) is 4.78. The molecule has 0 aliphatic carbocycles. The monoisotopic (exact) mass is 587 g/mol. The largest absolute Gasteiger partial charge is 0.272 e. The number of aromatic nitrogens is 3. The van der Waals surface area contributed by atoms with Crippen molar-refractivity contribution >= 4 is 45.9 Å². The van der Waals surface area contributed by atoms with Gasteiger partial charge in [-0.15, -0.1) is 10.2 Å². The maximum atomic E-state index is 12.5. The molecule has 1 aromatic heterocycles. The minimum atomic E-state index is -0.235. The predicted molar refractivity (Wildman–Crippen MR) is 161 cm³/mol. The van der Waals surface area contributed by atoms with Crippen LogP contribution in [0.15, 0.2) is 93.6 Å². The number of thioether (sulfide) groups is 1. The van der Waals surface area contributed by atoms with Crippen LogP contribution in [-0.2, 0) is 10.2 Å². The van der Waals surface area contributed by atoms with Crippen LogP contribution in [0, 0.1) is 6.92 Å². The van der Waals surface area contributed by atoms with Crippen molar-refractivity contribution in [2.45, 2.75) is 38.3 Å². The Hall–Kier alpha value is -3.49. The molecule has 1 N–H and O–H groups in total. The minimum Gasteiger partial charge on any atom is -0.272 e. The van der Waals surface area contributed by atoms with Crippen LogP contribution in [0.1, 0.15) is 37.5 Å². The zero-order valence-corrected chi connectivity index (χ0v) is 24.3. The third-order valence-electron chi connectivity index (χ3n) is 5.75. The molecule has 6 nitrogen and oxygen atoms in total. The lowest BCUT2D eigenvalue weighted by molar-refractivity contribution is -0.118. The van der Waals surface area contributed by atoms with Crippen molar-refractivity contribution < 1.29 is 4.79 Å². The van der Waals surface area contributed by atoms with Gasteiger partial charge in [0.05, 0.1) is 12.0 Å². The zero-order valence-electron chi connectivity index (χ0n) is 21.9. The summed E-state index contributed by atoms with van der Waals surface area (Å²) in [6.45, 7) is 8.63. The number of halogens is 1. The summed E-state index contributed by atoms with van der Waals surface area (Å²) < 4.78 is 2.74. The van der Waals surface area contributed by atoms with Crippen LogP contribution >= 0.6 is 27.7 Å². The van der Waals surface area contributed by atoms with Crippen molar-refractivity contribution in [3.63, 3.8) is 0 Å². The molecule has 0 radical (unpaired) electrons. The standard InChI is InChI=1S/C30H30BrN5OS/c1-21-10-16-26(17-11-21)36-28(23-12-14-24(15-13-23)30(2,3)4)34-35-29(36)38-20-27(37)33-32-19-25(31)18-22-8-6-5-7-9-22/h5-19H,20H2,1-4H3,(H,33,37)/b25-18-,32-19-. The van der Waals surface area contributed by atoms with Gasteiger partial charge in [0.25, 0.3) is 5.91 Å². The van der Waals surface area contributed by atoms with E-state index in [9.17, 15) is 4.79 Å². The van der Waals surface area contributed by atoms with Gasteiger partial charge >= 0.3 is 0 Å². The molecule has 1 amide bonds. The molecule has 0 bridgehead atoms. The van der Waals surface area contributed by atoms with Crippen molar-refractivity contribution in [2.24, 2.45) is 5.10 Å². The van der Waals surface area contributed by atoms with Gasteiger partial charge in [0, 0.05) is 15.7 Å². The van der Waals surface area contributed by atoms with E-state index in [4.69, 9.17) is 0 Å². The maximum absolute atomic E-state index is 12.5. The van der Waals surface area contributed by atoms with Gasteiger partial charge in [-0.2, -0.15) is 5.10 Å². The molecule has 4 rings (SSSR count). The molecule has 0 saturated heterocycles. The minimum absolute atomic E-state index is 0.0624. The van der Waals surface area contributed by atoms with E-state index in [1.54, 1.807) is 6.21 Å². The van der Waals surface area contributed by atoms with Gasteiger partial charge in [-0.05, 0) is 57.6 Å². The summed E-state index contributed by atoms with van der Waals surface area (Å²) in [5.74, 6) is 0.635. The molecule has 194 valence electrons. The number of nitrogens with one attached hydrogen (secondary N) is 1. The van der Waals surface area contributed by atoms with Crippen LogP contribution < -0.4 is 5.43 Å². The molecule has 1 heterocycles. The number of allylic oxidation sites excluding steroid dienone is 1. The molecule has 38 heavy (non-hydrogen) atoms. The fraction of sp³-hybridized carbons (Fsp3) is 0.200. The number of benzene rings is 3. The van der Waals surface area contributed by atoms with Crippen molar-refractivity contribution in [1.82, 2.24) is 20.2 Å². The lowest BCUT2D eigenvalue weighted by atomic mass is 9.87. The Bertz CT molecular complexity index is 1440. The van der Waals surface area contributed by atoms with E-state index >= 15 is 0 Å². The van der Waals surface area contributed by atoms with E-state index < -0.39 is 0 Å². The number of hydrogen-bond donors (Lipinski definition) is 1. The summed E-state index contributed by atoms with van der Waals surface area (Å²) in [4.78, 5) is 12.5. The Morgan fingerprint density at radius 3 is 2.34 bits per heavy atom. The van der Waals surface area contributed by atoms with Crippen LogP contribution in [0.2, 0.25) is 0 Å². The van der Waals surface area contributed by atoms with Gasteiger partial charge in [-0.25, -0.2) is 5.43 Å². The first-order valence-corrected chi connectivity index (χ1v) is 14.0. The van der Waals surface area contributed by atoms with Crippen LogP contribution in [-0.4, -0.2) is 32.6 Å². The number of aryl methyl sites for hydroxylation is 1. The van der Waals surface area contributed by atoms with Gasteiger partial charge in [0.2, 0.25) is 0 Å². The highest BCUT2D eigenvalue weighted by molar-refractivity contribution is 9.12. The molecule has 0 aliphatic heterocycles. The highest BCUT2D eigenvalue weighted by Crippen LogP contribution is 2.30. The molecule has 0 fully saturated rings. The van der Waals surface area contributed by atoms with E-state index in [0.29, 0.717) is 5.16 Å². The summed E-state index contributed by atoms with van der Waals surface area (Å²) in [7, 11) is 0. The van der Waals surface area contributed by atoms with Crippen LogP contribution in [0.5, 0.6) is 0 Å². The summed E-state index contributed by atoms with van der Waals surface area (Å²) >= 11 is 4.77. The third kappa shape index (κ3) is 7.30. The highest BCUT2D eigenvalue weighted by atomic mass is 79.9. The number of carbonyl (C=O) groups is 1. The molecule has 0 spiro atoms. The van der Waals surface area contributed by atoms with Crippen LogP contribution in [0.3, 0.4) is 0 Å². The Balaban J connectivity index is 1.50. The lowest BCUT2D eigenvalue weighted by Gasteiger charge is -2.19. The number of hydrazone groups is 1. The summed E-state index contributed by atoms with van der Waals surface area (Å²) in [6, 6.07) is 26.5. The first kappa shape index (κ1) is 27.5. The van der Waals surface area contributed by atoms with E-state index in [2.05, 4.69) is 101 Å². The van der Waals surface area contributed by atoms with Crippen molar-refractivity contribution in [1.29, 1.82) is 0 Å². The second-order valence-corrected chi connectivity index (χ2v) is 11.7. The van der Waals surface area contributed by atoms with Crippen molar-refractivity contribution in [2.75, 3.05) is 5.75 Å². The summed E-state index contributed by atoms with van der Waals surface area (Å²) in [5.41, 5.74) is 7.98. The molecule has 4 aromatic rings. The molecular weight excluding hydrogens is 558 g/mol. The van der Waals surface area contributed by atoms with Gasteiger partial charge in [-0.3, -0.25) is 9.36 Å². The van der Waals surface area contributed by atoms with Crippen molar-refractivity contribution in [3.8, 4) is 17.1 Å². The molecule has 3 aromatic carbocycles. The van der Waals surface area contributed by atoms with Gasteiger partial charge in [0.15, 0.2) is 11.0 Å². The average molecular weight is 589 g/mol. The number of hydrogen-bond acceptors (Lipinski definition) is 5. The number of nitrogens with zero attached hydrogens (tertiary/aromatic N) is 4. The van der Waals surface area contributed by atoms with E-state index in [0.717, 1.165) is 32.7 Å². The smallest absolute Gasteiger partial charge is 0.250 e. The maximum Gasteiger partial charge on any atom is 0.250 e. The predicted octanol–water partition coefficient (Wildman–Crippen LogP) is 7.17. The fourth-order valence-electron chi connectivity index (χ4n) is 3.67. The van der Waals surface area contributed by atoms with E-state index in [1.807, 2.05) is 53.1 Å². The van der Waals surface area contributed by atoms with Crippen LogP contribution in [0.4, 0.5) is 0 Å². The molecular formula is C30H30BrN5OS. The zero-order chi connectivity index (χ0) is 27.1. The van der Waals surface area contributed by atoms with E-state index in [-0.39, 0.29) is 17.1 Å². The Morgan fingerprint density at radius 2 is 1.68 bits per heavy atom. The lowest BCUT2D eigenvalue weighted by Crippen LogP contribution is -2.19. The normalized spacial score (nSPS) is 12.2. The second kappa shape index (κ2) is 12.4. The number of amides is 1. The Morgan fingerprint density at radius 1 is 1.00 bits per heavy atom. The number of rotatable bonds is 8. The van der Waals surface area contributed by atoms with Gasteiger partial charge in [-0.1, -0.05) is 105 Å². The molecule has 0 unspecified atom stereocenters. The first-order valence-electron chi connectivity index (χ1n) is 12.2. The second-order valence-electron chi connectivity index (χ2n) is 9.83. The number of carbonyl (C=O) groups excluding carboxylic acids is 1. The molecule has 0 aliphatic rings. The quantitative estimate of drug-likeness (QED) is 0.135. The summed E-state index contributed by atoms with van der Waals surface area (Å²) in [5, 5.41) is 13.6. The molecule has 0 atom stereocenters. The Kier molecular flexibility index (Phi) is 8.97. The average Bonchev–Trinajstić information content (AvgIpc) is 3.32. The van der Waals surface area contributed by atoms with Gasteiger partial charge < -0.3 is 0 Å². The summed E-state index contributed by atoms with van der Waals surface area (Å²) in [6.07, 6.45) is 3.48. The van der Waals surface area contributed by atoms with Crippen LogP contribution in [0.25, 0.3) is 23.2 Å². The van der Waals surface area contributed by atoms with Gasteiger partial charge in [0.1, 0.15) is 0 Å². The third-order valence-corrected chi connectivity index (χ3v) is 7.11. The van der Waals surface area contributed by atoms with Crippen molar-refractivity contribution in [3.05, 3.63) is 100 Å². The molecule has 8 heteroatoms. The highest BCUT2D eigenvalue weighted by Gasteiger charge is 2.19. The topological polar surface area (TPSA) is 72.2 Å². The SMILES string of the molecule is Cc1ccc(-n2c(SCC(=O)N/N=C\C(Br)=C\c3ccccc3)nnc2-c2ccc(C(C)(C)C)cc2)cc1. The molecule has 0 saturated carbocycles.